The summed E-state index contributed by atoms with van der Waals surface area (Å²) >= 11 is 0. The Kier molecular flexibility index (Phi) is 17.7. The molecule has 0 aliphatic heterocycles. The molecule has 3 rings (SSSR count). The van der Waals surface area contributed by atoms with Crippen LogP contribution in [0.15, 0.2) is 18.3 Å². The average molecular weight is 664 g/mol. The maximum atomic E-state index is 16.4. The van der Waals surface area contributed by atoms with Crippen molar-refractivity contribution < 1.29 is 73.3 Å². The summed E-state index contributed by atoms with van der Waals surface area (Å²) in [4.78, 5) is 4.42. The number of benzene rings is 1. The van der Waals surface area contributed by atoms with E-state index in [0.29, 0.717) is 42.3 Å². The zero-order valence-corrected chi connectivity index (χ0v) is 31.2. The number of nitrogens with one attached hydrogen (secondary N) is 2. The summed E-state index contributed by atoms with van der Waals surface area (Å²) in [5.74, 6) is -1.62. The Morgan fingerprint density at radius 3 is 2.33 bits per heavy atom. The van der Waals surface area contributed by atoms with E-state index in [1.54, 1.807) is 24.0 Å². The van der Waals surface area contributed by atoms with Gasteiger partial charge in [-0.1, -0.05) is 48.0 Å². The number of nitrogens with zero attached hydrogens (tertiary/aromatic N) is 4. The van der Waals surface area contributed by atoms with Crippen molar-refractivity contribution in [3.8, 4) is 11.3 Å². The van der Waals surface area contributed by atoms with Crippen LogP contribution in [0, 0.1) is 24.5 Å². The van der Waals surface area contributed by atoms with Crippen LogP contribution in [-0.4, -0.2) is 33.9 Å². The number of aryl methyl sites for hydroxylation is 2. The number of nitrogens with two attached hydrogens (primary N) is 1. The van der Waals surface area contributed by atoms with Crippen molar-refractivity contribution in [2.75, 3.05) is 24.1 Å². The van der Waals surface area contributed by atoms with Crippen molar-refractivity contribution in [3.05, 3.63) is 63.4 Å². The van der Waals surface area contributed by atoms with Crippen molar-refractivity contribution >= 4 is 11.4 Å². The summed E-state index contributed by atoms with van der Waals surface area (Å²) in [6.45, 7) is 14.8. The number of nitrogen functional groups attached to an aromatic ring is 1. The molecule has 0 radical (unpaired) electrons. The van der Waals surface area contributed by atoms with Crippen molar-refractivity contribution in [2.24, 2.45) is 13.0 Å². The van der Waals surface area contributed by atoms with Crippen LogP contribution in [0.4, 0.5) is 33.3 Å². The van der Waals surface area contributed by atoms with Gasteiger partial charge in [-0.05, 0) is 62.0 Å². The number of halogens is 5. The number of alkyl halides is 3. The molecular formula is C32H47F5KN7. The summed E-state index contributed by atoms with van der Waals surface area (Å²) in [6.07, 6.45) is -1.24. The zero-order chi connectivity index (χ0) is 33.2. The Morgan fingerprint density at radius 1 is 1.11 bits per heavy atom. The third-order valence-corrected chi connectivity index (χ3v) is 6.99. The first-order valence-electron chi connectivity index (χ1n) is 15.2. The molecule has 13 heteroatoms. The van der Waals surface area contributed by atoms with E-state index in [2.05, 4.69) is 34.6 Å². The third kappa shape index (κ3) is 11.5. The predicted octanol–water partition coefficient (Wildman–Crippen LogP) is 5.16. The third-order valence-electron chi connectivity index (χ3n) is 6.99. The van der Waals surface area contributed by atoms with Gasteiger partial charge in [-0.2, -0.15) is 18.3 Å². The fourth-order valence-corrected chi connectivity index (χ4v) is 4.74. The summed E-state index contributed by atoms with van der Waals surface area (Å²) < 4.78 is 75.2. The molecule has 45 heavy (non-hydrogen) atoms. The number of hydrogen-bond acceptors (Lipinski definition) is 5. The summed E-state index contributed by atoms with van der Waals surface area (Å²) in [7, 11) is 1.74. The maximum Gasteiger partial charge on any atom is 1.00 e. The molecule has 1 atom stereocenters. The summed E-state index contributed by atoms with van der Waals surface area (Å²) in [5, 5.41) is 15.5. The number of anilines is 2. The number of hydrogen-bond donors (Lipinski definition) is 3. The second-order valence-electron chi connectivity index (χ2n) is 11.1. The smallest absolute Gasteiger partial charge is 0.655 e. The molecule has 7 nitrogen and oxygen atoms in total. The molecule has 0 bridgehead atoms. The Labute approximate surface area is 307 Å². The fourth-order valence-electron chi connectivity index (χ4n) is 4.74. The van der Waals surface area contributed by atoms with Crippen LogP contribution in [0.5, 0.6) is 0 Å². The standard InChI is InChI=1S/C30H41F5N7.C2H6.K/c1-7-8-24-22(16-38-18(4)14-37-11-9-17(2)3)28(39-15-20-10-12-42(6)41-20)27(32)29(40-24)21-13-23(36)26(31)19(5)25(21)30(33,34)35;1-2;/h10,12-13,17-18,37H,7-9,11,14-16,36H2,1-6H3,(H,39,40);1-2H3;/q-1;;+1. The first kappa shape index (κ1) is 41.4. The Balaban J connectivity index is 0.00000331. The quantitative estimate of drug-likeness (QED) is 0.0959. The van der Waals surface area contributed by atoms with Crippen molar-refractivity contribution in [1.29, 1.82) is 0 Å². The van der Waals surface area contributed by atoms with Gasteiger partial charge in [-0.3, -0.25) is 4.68 Å². The van der Waals surface area contributed by atoms with E-state index < -0.39 is 45.9 Å². The van der Waals surface area contributed by atoms with Gasteiger partial charge in [0.25, 0.3) is 0 Å². The van der Waals surface area contributed by atoms with E-state index in [-0.39, 0.29) is 76.2 Å². The normalized spacial score (nSPS) is 12.0. The molecule has 0 fully saturated rings. The van der Waals surface area contributed by atoms with Crippen LogP contribution in [0.1, 0.15) is 82.5 Å². The zero-order valence-electron chi connectivity index (χ0n) is 28.1. The van der Waals surface area contributed by atoms with E-state index >= 15 is 4.39 Å². The van der Waals surface area contributed by atoms with Gasteiger partial charge in [-0.25, -0.2) is 13.8 Å². The molecule has 0 saturated heterocycles. The molecule has 1 aromatic carbocycles. The van der Waals surface area contributed by atoms with Gasteiger partial charge in [-0.15, -0.1) is 12.6 Å². The molecule has 3 aromatic rings. The molecule has 0 saturated carbocycles. The van der Waals surface area contributed by atoms with E-state index in [4.69, 9.17) is 11.1 Å². The molecule has 0 aliphatic carbocycles. The van der Waals surface area contributed by atoms with Gasteiger partial charge in [0.15, 0.2) is 5.82 Å². The molecular weight excluding hydrogens is 616 g/mol. The minimum atomic E-state index is -4.97. The topological polar surface area (TPSA) is 94.9 Å². The second-order valence-corrected chi connectivity index (χ2v) is 11.1. The van der Waals surface area contributed by atoms with Crippen LogP contribution in [0.25, 0.3) is 16.6 Å². The van der Waals surface area contributed by atoms with E-state index in [9.17, 15) is 17.6 Å². The van der Waals surface area contributed by atoms with Gasteiger partial charge in [0, 0.05) is 24.5 Å². The van der Waals surface area contributed by atoms with Crippen LogP contribution in [-0.2, 0) is 32.7 Å². The van der Waals surface area contributed by atoms with Gasteiger partial charge >= 0.3 is 57.6 Å². The predicted molar refractivity (Wildman–Crippen MR) is 168 cm³/mol. The SMILES string of the molecule is CC.CCCc1nc(-c2cc(N)c(F)c(C)c2C(F)(F)F)c(F)c(NCc2ccn(C)n2)c1C[N-]C(C)CNCCC(C)C.[K+]. The minimum absolute atomic E-state index is 0. The molecule has 0 aliphatic rings. The monoisotopic (exact) mass is 663 g/mol. The molecule has 246 valence electrons. The average Bonchev–Trinajstić information content (AvgIpc) is 3.38. The van der Waals surface area contributed by atoms with Crippen LogP contribution in [0.3, 0.4) is 0 Å². The summed E-state index contributed by atoms with van der Waals surface area (Å²) in [5.41, 5.74) is 3.51. The van der Waals surface area contributed by atoms with E-state index in [1.807, 2.05) is 27.7 Å². The molecule has 0 amide bonds. The van der Waals surface area contributed by atoms with Crippen LogP contribution >= 0.6 is 0 Å². The number of pyridine rings is 1. The fraction of sp³-hybridized carbons (Fsp3) is 0.562. The molecule has 2 aromatic heterocycles. The maximum absolute atomic E-state index is 16.4. The molecule has 0 spiro atoms. The second kappa shape index (κ2) is 19.3. The molecule has 2 heterocycles. The first-order valence-corrected chi connectivity index (χ1v) is 15.2. The van der Waals surface area contributed by atoms with Gasteiger partial charge < -0.3 is 21.7 Å². The van der Waals surface area contributed by atoms with Crippen molar-refractivity contribution in [2.45, 2.75) is 93.0 Å². The van der Waals surface area contributed by atoms with Crippen LogP contribution < -0.4 is 67.8 Å². The van der Waals surface area contributed by atoms with E-state index in [0.717, 1.165) is 26.0 Å². The largest absolute Gasteiger partial charge is 1.00 e. The summed E-state index contributed by atoms with van der Waals surface area (Å²) in [6, 6.07) is 2.46. The Bertz CT molecular complexity index is 1360. The number of aromatic nitrogens is 3. The first-order chi connectivity index (χ1) is 20.7. The van der Waals surface area contributed by atoms with Gasteiger partial charge in [0.05, 0.1) is 29.2 Å². The Hall–Kier alpha value is -1.61. The molecule has 4 N–H and O–H groups in total. The van der Waals surface area contributed by atoms with Gasteiger partial charge in [0.1, 0.15) is 11.5 Å². The van der Waals surface area contributed by atoms with Crippen molar-refractivity contribution in [1.82, 2.24) is 20.1 Å². The van der Waals surface area contributed by atoms with Gasteiger partial charge in [0.2, 0.25) is 0 Å². The van der Waals surface area contributed by atoms with Crippen molar-refractivity contribution in [3.63, 3.8) is 0 Å². The van der Waals surface area contributed by atoms with E-state index in [1.165, 1.54) is 0 Å². The number of rotatable bonds is 14. The Morgan fingerprint density at radius 2 is 1.78 bits per heavy atom. The molecule has 1 unspecified atom stereocenters. The minimum Gasteiger partial charge on any atom is -0.655 e. The van der Waals surface area contributed by atoms with Crippen LogP contribution in [0.2, 0.25) is 0 Å².